The van der Waals surface area contributed by atoms with Crippen molar-refractivity contribution in [1.29, 1.82) is 0 Å². The summed E-state index contributed by atoms with van der Waals surface area (Å²) in [7, 11) is 1.51. The van der Waals surface area contributed by atoms with E-state index in [1.54, 1.807) is 6.92 Å². The largest absolute Gasteiger partial charge is 0.416 e. The lowest BCUT2D eigenvalue weighted by atomic mass is 9.97. The van der Waals surface area contributed by atoms with Crippen molar-refractivity contribution < 1.29 is 23.0 Å². The first-order valence-corrected chi connectivity index (χ1v) is 5.20. The molecule has 0 radical (unpaired) electrons. The smallest absolute Gasteiger partial charge is 0.388 e. The van der Waals surface area contributed by atoms with Crippen molar-refractivity contribution in [3.8, 4) is 0 Å². The Hall–Kier alpha value is -1.07. The van der Waals surface area contributed by atoms with E-state index in [1.165, 1.54) is 19.2 Å². The van der Waals surface area contributed by atoms with Crippen LogP contribution in [0.15, 0.2) is 24.3 Å². The lowest BCUT2D eigenvalue weighted by Crippen LogP contribution is -2.14. The molecule has 5 heteroatoms. The molecule has 0 saturated carbocycles. The third-order valence-electron chi connectivity index (χ3n) is 2.55. The number of methoxy groups -OCH3 is 1. The Morgan fingerprint density at radius 1 is 1.24 bits per heavy atom. The Kier molecular flexibility index (Phi) is 4.54. The normalized spacial score (nSPS) is 15.6. The first-order valence-electron chi connectivity index (χ1n) is 5.20. The quantitative estimate of drug-likeness (QED) is 0.887. The summed E-state index contributed by atoms with van der Waals surface area (Å²) in [6, 6.07) is 4.52. The van der Waals surface area contributed by atoms with E-state index in [4.69, 9.17) is 4.74 Å². The first-order chi connectivity index (χ1) is 7.86. The Morgan fingerprint density at radius 3 is 2.18 bits per heavy atom. The average molecular weight is 248 g/mol. The summed E-state index contributed by atoms with van der Waals surface area (Å²) in [6.45, 7) is 2.12. The van der Waals surface area contributed by atoms with E-state index in [9.17, 15) is 18.3 Å². The molecule has 17 heavy (non-hydrogen) atoms. The Morgan fingerprint density at radius 2 is 1.76 bits per heavy atom. The molecular formula is C12H15F3O2. The van der Waals surface area contributed by atoms with Crippen LogP contribution in [0.5, 0.6) is 0 Å². The lowest BCUT2D eigenvalue weighted by Gasteiger charge is -2.18. The highest BCUT2D eigenvalue weighted by molar-refractivity contribution is 5.26. The highest BCUT2D eigenvalue weighted by Crippen LogP contribution is 2.31. The highest BCUT2D eigenvalue weighted by Gasteiger charge is 2.30. The van der Waals surface area contributed by atoms with Crippen LogP contribution in [-0.2, 0) is 10.9 Å². The van der Waals surface area contributed by atoms with Gasteiger partial charge in [-0.1, -0.05) is 19.1 Å². The van der Waals surface area contributed by atoms with Crippen LogP contribution in [0.3, 0.4) is 0 Å². The van der Waals surface area contributed by atoms with Crippen molar-refractivity contribution in [2.75, 3.05) is 13.7 Å². The number of halogens is 3. The number of aliphatic hydroxyl groups excluding tert-OH is 1. The van der Waals surface area contributed by atoms with Gasteiger partial charge in [0.25, 0.3) is 0 Å². The molecule has 1 rings (SSSR count). The van der Waals surface area contributed by atoms with Crippen LogP contribution in [0.1, 0.15) is 24.2 Å². The molecule has 0 aliphatic carbocycles. The molecule has 1 N–H and O–H groups in total. The molecule has 96 valence electrons. The minimum Gasteiger partial charge on any atom is -0.388 e. The van der Waals surface area contributed by atoms with Crippen LogP contribution in [0.4, 0.5) is 13.2 Å². The van der Waals surface area contributed by atoms with Crippen LogP contribution in [0.25, 0.3) is 0 Å². The average Bonchev–Trinajstić information content (AvgIpc) is 2.27. The standard InChI is InChI=1S/C12H15F3O2/c1-8(7-17-2)11(16)9-3-5-10(6-4-9)12(13,14)15/h3-6,8,11,16H,7H2,1-2H3. The molecule has 1 aromatic rings. The number of hydrogen-bond acceptors (Lipinski definition) is 2. The second-order valence-corrected chi connectivity index (χ2v) is 4.00. The molecular weight excluding hydrogens is 233 g/mol. The van der Waals surface area contributed by atoms with Crippen molar-refractivity contribution in [1.82, 2.24) is 0 Å². The molecule has 0 fully saturated rings. The molecule has 0 spiro atoms. The van der Waals surface area contributed by atoms with Gasteiger partial charge in [0.15, 0.2) is 0 Å². The molecule has 0 saturated heterocycles. The Balaban J connectivity index is 2.80. The summed E-state index contributed by atoms with van der Waals surface area (Å²) in [5.41, 5.74) is -0.254. The number of benzene rings is 1. The van der Waals surface area contributed by atoms with Gasteiger partial charge in [-0.15, -0.1) is 0 Å². The fraction of sp³-hybridized carbons (Fsp3) is 0.500. The molecule has 2 nitrogen and oxygen atoms in total. The fourth-order valence-electron chi connectivity index (χ4n) is 1.55. The van der Waals surface area contributed by atoms with Gasteiger partial charge in [-0.05, 0) is 17.7 Å². The maximum absolute atomic E-state index is 12.3. The summed E-state index contributed by atoms with van der Waals surface area (Å²) in [6.07, 6.45) is -5.17. The van der Waals surface area contributed by atoms with Crippen LogP contribution < -0.4 is 0 Å². The molecule has 2 unspecified atom stereocenters. The van der Waals surface area contributed by atoms with E-state index in [0.29, 0.717) is 12.2 Å². The van der Waals surface area contributed by atoms with Crippen molar-refractivity contribution in [2.24, 2.45) is 5.92 Å². The van der Waals surface area contributed by atoms with Crippen LogP contribution in [0, 0.1) is 5.92 Å². The van der Waals surface area contributed by atoms with Gasteiger partial charge in [-0.3, -0.25) is 0 Å². The second-order valence-electron chi connectivity index (χ2n) is 4.00. The monoisotopic (exact) mass is 248 g/mol. The second kappa shape index (κ2) is 5.51. The number of ether oxygens (including phenoxy) is 1. The van der Waals surface area contributed by atoms with Gasteiger partial charge in [-0.25, -0.2) is 0 Å². The molecule has 0 heterocycles. The maximum Gasteiger partial charge on any atom is 0.416 e. The number of hydrogen-bond donors (Lipinski definition) is 1. The van der Waals surface area contributed by atoms with E-state index >= 15 is 0 Å². The molecule has 0 aromatic heterocycles. The van der Waals surface area contributed by atoms with Gasteiger partial charge in [0, 0.05) is 13.0 Å². The van der Waals surface area contributed by atoms with E-state index < -0.39 is 17.8 Å². The zero-order valence-corrected chi connectivity index (χ0v) is 9.66. The lowest BCUT2D eigenvalue weighted by molar-refractivity contribution is -0.137. The molecule has 0 amide bonds. The van der Waals surface area contributed by atoms with Gasteiger partial charge >= 0.3 is 6.18 Å². The molecule has 1 aromatic carbocycles. The van der Waals surface area contributed by atoms with E-state index in [2.05, 4.69) is 0 Å². The zero-order chi connectivity index (χ0) is 13.1. The highest BCUT2D eigenvalue weighted by atomic mass is 19.4. The van der Waals surface area contributed by atoms with Gasteiger partial charge in [-0.2, -0.15) is 13.2 Å². The van der Waals surface area contributed by atoms with Crippen molar-refractivity contribution in [2.45, 2.75) is 19.2 Å². The fourth-order valence-corrected chi connectivity index (χ4v) is 1.55. The summed E-state index contributed by atoms with van der Waals surface area (Å²) >= 11 is 0. The van der Waals surface area contributed by atoms with Crippen molar-refractivity contribution in [3.63, 3.8) is 0 Å². The van der Waals surface area contributed by atoms with Gasteiger partial charge in [0.05, 0.1) is 18.3 Å². The third-order valence-corrected chi connectivity index (χ3v) is 2.55. The minimum atomic E-state index is -4.35. The van der Waals surface area contributed by atoms with Crippen LogP contribution in [0.2, 0.25) is 0 Å². The topological polar surface area (TPSA) is 29.5 Å². The van der Waals surface area contributed by atoms with Crippen molar-refractivity contribution in [3.05, 3.63) is 35.4 Å². The zero-order valence-electron chi connectivity index (χ0n) is 9.66. The SMILES string of the molecule is COCC(C)C(O)c1ccc(C(F)(F)F)cc1. The predicted octanol–water partition coefficient (Wildman–Crippen LogP) is 3.02. The van der Waals surface area contributed by atoms with Crippen LogP contribution in [-0.4, -0.2) is 18.8 Å². The molecule has 2 atom stereocenters. The maximum atomic E-state index is 12.3. The number of alkyl halides is 3. The molecule has 0 bridgehead atoms. The summed E-state index contributed by atoms with van der Waals surface area (Å²) in [5, 5.41) is 9.85. The molecule has 0 aliphatic heterocycles. The van der Waals surface area contributed by atoms with E-state index in [0.717, 1.165) is 12.1 Å². The van der Waals surface area contributed by atoms with E-state index in [-0.39, 0.29) is 5.92 Å². The number of aliphatic hydroxyl groups is 1. The summed E-state index contributed by atoms with van der Waals surface area (Å²) in [4.78, 5) is 0. The van der Waals surface area contributed by atoms with E-state index in [1.807, 2.05) is 0 Å². The Labute approximate surface area is 98.0 Å². The minimum absolute atomic E-state index is 0.170. The molecule has 0 aliphatic rings. The summed E-state index contributed by atoms with van der Waals surface area (Å²) < 4.78 is 41.8. The Bertz CT molecular complexity index is 346. The van der Waals surface area contributed by atoms with Crippen molar-refractivity contribution >= 4 is 0 Å². The third kappa shape index (κ3) is 3.71. The van der Waals surface area contributed by atoms with Crippen LogP contribution >= 0.6 is 0 Å². The predicted molar refractivity (Wildman–Crippen MR) is 57.4 cm³/mol. The van der Waals surface area contributed by atoms with Gasteiger partial charge in [0.1, 0.15) is 0 Å². The van der Waals surface area contributed by atoms with Gasteiger partial charge in [0.2, 0.25) is 0 Å². The van der Waals surface area contributed by atoms with Gasteiger partial charge < -0.3 is 9.84 Å². The number of rotatable bonds is 4. The summed E-state index contributed by atoms with van der Waals surface area (Å²) in [5.74, 6) is -0.170. The first kappa shape index (κ1) is 14.0.